The van der Waals surface area contributed by atoms with Gasteiger partial charge >= 0.3 is 11.9 Å². The molecular formula is C21H23N3O8. The molecule has 2 aromatic carbocycles. The van der Waals surface area contributed by atoms with Crippen molar-refractivity contribution < 1.29 is 49.5 Å². The minimum absolute atomic E-state index is 1.02. The zero-order chi connectivity index (χ0) is 24.1. The zero-order valence-electron chi connectivity index (χ0n) is 17.2. The van der Waals surface area contributed by atoms with E-state index in [0.717, 1.165) is 19.6 Å². The predicted octanol–water partition coefficient (Wildman–Crippen LogP) is -2.83. The molecule has 0 radical (unpaired) electrons. The zero-order valence-corrected chi connectivity index (χ0v) is 17.2. The third kappa shape index (κ3) is 9.50. The number of benzene rings is 2. The molecular weight excluding hydrogens is 422 g/mol. The summed E-state index contributed by atoms with van der Waals surface area (Å²) in [5, 5.41) is 35.0. The number of hydrogen-bond donors (Lipinski definition) is 4. The van der Waals surface area contributed by atoms with Crippen LogP contribution in [0.2, 0.25) is 0 Å². The van der Waals surface area contributed by atoms with Gasteiger partial charge in [0.1, 0.15) is 19.6 Å². The molecule has 11 heteroatoms. The standard InChI is InChI=1S/C17H19N3.2C2H2O4/c1-14-6-8-15(9-7-14)12-18-10-11-20-13-19-16-4-2-3-5-17(16)20;2*3-1(4)2(5)6/h2-9,13,18H,10-12H2,1H3;2*(H,3,4)(H,5,6). The van der Waals surface area contributed by atoms with Crippen molar-refractivity contribution in [2.24, 2.45) is 0 Å². The topological polar surface area (TPSA) is 191 Å². The molecule has 1 aromatic heterocycles. The Morgan fingerprint density at radius 2 is 1.47 bits per heavy atom. The summed E-state index contributed by atoms with van der Waals surface area (Å²) < 4.78 is 2.28. The normalized spacial score (nSPS) is 9.66. The molecule has 3 rings (SSSR count). The minimum Gasteiger partial charge on any atom is -0.539 e. The summed E-state index contributed by atoms with van der Waals surface area (Å²) in [7, 11) is 0. The van der Waals surface area contributed by atoms with Gasteiger partial charge in [0, 0.05) is 5.56 Å². The molecule has 0 aliphatic carbocycles. The lowest BCUT2D eigenvalue weighted by Gasteiger charge is -2.01. The number of aromatic nitrogens is 2. The van der Waals surface area contributed by atoms with Crippen LogP contribution in [0, 0.1) is 6.92 Å². The number of aromatic amines is 1. The molecule has 0 bridgehead atoms. The molecule has 11 nitrogen and oxygen atoms in total. The molecule has 0 saturated carbocycles. The number of fused-ring (bicyclic) bond motifs is 1. The van der Waals surface area contributed by atoms with Crippen LogP contribution in [0.5, 0.6) is 0 Å². The highest BCUT2D eigenvalue weighted by molar-refractivity contribution is 6.26. The largest absolute Gasteiger partial charge is 0.539 e. The van der Waals surface area contributed by atoms with E-state index >= 15 is 0 Å². The fourth-order valence-corrected chi connectivity index (χ4v) is 2.47. The van der Waals surface area contributed by atoms with Crippen LogP contribution < -0.4 is 20.1 Å². The molecule has 0 unspecified atom stereocenters. The number of aryl methyl sites for hydroxylation is 1. The van der Waals surface area contributed by atoms with Gasteiger partial charge in [0.05, 0.1) is 0 Å². The highest BCUT2D eigenvalue weighted by Gasteiger charge is 2.08. The smallest absolute Gasteiger partial charge is 0.351 e. The monoisotopic (exact) mass is 445 g/mol. The second-order valence-electron chi connectivity index (χ2n) is 6.44. The number of nitrogens with one attached hydrogen (secondary N) is 1. The third-order valence-corrected chi connectivity index (χ3v) is 4.01. The summed E-state index contributed by atoms with van der Waals surface area (Å²) in [6, 6.07) is 17.2. The van der Waals surface area contributed by atoms with Gasteiger partial charge in [-0.15, -0.1) is 0 Å². The molecule has 5 N–H and O–H groups in total. The SMILES string of the molecule is Cc1ccc(C[NH2+]CC[n+]2c[nH]c3ccccc32)cc1.O=C([O-])C(=O)O.O=C([O-])C(=O)O. The van der Waals surface area contributed by atoms with E-state index in [1.165, 1.54) is 22.2 Å². The van der Waals surface area contributed by atoms with Crippen LogP contribution in [0.3, 0.4) is 0 Å². The van der Waals surface area contributed by atoms with Crippen molar-refractivity contribution in [2.75, 3.05) is 6.54 Å². The van der Waals surface area contributed by atoms with Gasteiger partial charge in [0.25, 0.3) is 0 Å². The van der Waals surface area contributed by atoms with Crippen molar-refractivity contribution >= 4 is 34.9 Å². The average molecular weight is 445 g/mol. The first kappa shape index (κ1) is 25.8. The number of nitrogens with zero attached hydrogens (tertiary/aromatic N) is 1. The number of para-hydroxylation sites is 2. The van der Waals surface area contributed by atoms with E-state index in [1.54, 1.807) is 0 Å². The average Bonchev–Trinajstić information content (AvgIpc) is 3.16. The second kappa shape index (κ2) is 13.1. The summed E-state index contributed by atoms with van der Waals surface area (Å²) in [5.41, 5.74) is 5.19. The lowest BCUT2D eigenvalue weighted by atomic mass is 10.1. The van der Waals surface area contributed by atoms with Crippen molar-refractivity contribution in [1.29, 1.82) is 0 Å². The highest BCUT2D eigenvalue weighted by Crippen LogP contribution is 2.04. The molecule has 32 heavy (non-hydrogen) atoms. The Morgan fingerprint density at radius 1 is 0.938 bits per heavy atom. The molecule has 0 fully saturated rings. The number of H-pyrrole nitrogens is 1. The van der Waals surface area contributed by atoms with Gasteiger partial charge in [0.2, 0.25) is 6.33 Å². The lowest BCUT2D eigenvalue weighted by Crippen LogP contribution is -2.84. The Kier molecular flexibility index (Phi) is 10.6. The van der Waals surface area contributed by atoms with Gasteiger partial charge < -0.3 is 35.3 Å². The van der Waals surface area contributed by atoms with Crippen molar-refractivity contribution in [2.45, 2.75) is 20.0 Å². The number of carbonyl (C=O) groups excluding carboxylic acids is 2. The maximum atomic E-state index is 9.04. The molecule has 1 heterocycles. The number of quaternary nitrogens is 1. The first-order valence-electron chi connectivity index (χ1n) is 9.33. The minimum atomic E-state index is -2.07. The maximum absolute atomic E-state index is 9.04. The van der Waals surface area contributed by atoms with Gasteiger partial charge in [-0.1, -0.05) is 42.0 Å². The fourth-order valence-electron chi connectivity index (χ4n) is 2.47. The Bertz CT molecular complexity index is 1010. The Balaban J connectivity index is 0.000000355. The molecule has 0 atom stereocenters. The molecule has 3 aromatic rings. The Hall–Kier alpha value is -4.25. The van der Waals surface area contributed by atoms with E-state index < -0.39 is 23.9 Å². The first-order valence-corrected chi connectivity index (χ1v) is 9.33. The van der Waals surface area contributed by atoms with Crippen LogP contribution in [0.15, 0.2) is 54.9 Å². The van der Waals surface area contributed by atoms with Crippen LogP contribution >= 0.6 is 0 Å². The van der Waals surface area contributed by atoms with Gasteiger partial charge in [-0.2, -0.15) is 0 Å². The van der Waals surface area contributed by atoms with Crippen LogP contribution in [0.1, 0.15) is 11.1 Å². The number of carboxylic acid groups (broad SMARTS) is 4. The van der Waals surface area contributed by atoms with Crippen molar-refractivity contribution in [1.82, 2.24) is 4.98 Å². The van der Waals surface area contributed by atoms with Crippen LogP contribution in [0.25, 0.3) is 11.0 Å². The van der Waals surface area contributed by atoms with E-state index in [9.17, 15) is 0 Å². The van der Waals surface area contributed by atoms with Gasteiger partial charge in [0.15, 0.2) is 23.0 Å². The maximum Gasteiger partial charge on any atom is 0.351 e. The number of imidazole rings is 1. The first-order chi connectivity index (χ1) is 15.1. The number of carbonyl (C=O) groups is 4. The number of hydrogen-bond acceptors (Lipinski definition) is 6. The van der Waals surface area contributed by atoms with E-state index in [0.29, 0.717) is 0 Å². The van der Waals surface area contributed by atoms with E-state index in [2.05, 4.69) is 76.6 Å². The molecule has 0 spiro atoms. The third-order valence-electron chi connectivity index (χ3n) is 4.01. The van der Waals surface area contributed by atoms with Crippen LogP contribution in [-0.2, 0) is 32.3 Å². The van der Waals surface area contributed by atoms with Crippen molar-refractivity contribution in [3.63, 3.8) is 0 Å². The fraction of sp³-hybridized carbons (Fsp3) is 0.190. The van der Waals surface area contributed by atoms with Crippen LogP contribution in [0.4, 0.5) is 0 Å². The van der Waals surface area contributed by atoms with Gasteiger partial charge in [-0.25, -0.2) is 19.1 Å². The summed E-state index contributed by atoms with van der Waals surface area (Å²) in [4.78, 5) is 39.4. The van der Waals surface area contributed by atoms with Gasteiger partial charge in [-0.3, -0.25) is 0 Å². The highest BCUT2D eigenvalue weighted by atomic mass is 16.4. The molecule has 0 amide bonds. The number of rotatable bonds is 5. The quantitative estimate of drug-likeness (QED) is 0.183. The van der Waals surface area contributed by atoms with Crippen molar-refractivity contribution in [3.8, 4) is 0 Å². The summed E-state index contributed by atoms with van der Waals surface area (Å²) >= 11 is 0. The predicted molar refractivity (Wildman–Crippen MR) is 105 cm³/mol. The summed E-state index contributed by atoms with van der Waals surface area (Å²) in [6.45, 7) is 5.28. The molecule has 0 aliphatic rings. The number of nitrogens with two attached hydrogens (primary N) is 1. The van der Waals surface area contributed by atoms with E-state index in [4.69, 9.17) is 39.6 Å². The summed E-state index contributed by atoms with van der Waals surface area (Å²) in [6.07, 6.45) is 2.06. The Morgan fingerprint density at radius 3 is 2.00 bits per heavy atom. The molecule has 0 saturated heterocycles. The molecule has 0 aliphatic heterocycles. The number of carboxylic acids is 4. The van der Waals surface area contributed by atoms with Gasteiger partial charge in [-0.05, 0) is 19.1 Å². The number of aliphatic carboxylic acids is 4. The van der Waals surface area contributed by atoms with Crippen molar-refractivity contribution in [3.05, 3.63) is 66.0 Å². The Labute approximate surface area is 182 Å². The lowest BCUT2D eigenvalue weighted by molar-refractivity contribution is -0.745. The summed E-state index contributed by atoms with van der Waals surface area (Å²) in [5.74, 6) is -8.02. The van der Waals surface area contributed by atoms with E-state index in [-0.39, 0.29) is 0 Å². The second-order valence-corrected chi connectivity index (χ2v) is 6.44. The van der Waals surface area contributed by atoms with Crippen LogP contribution in [-0.4, -0.2) is 45.6 Å². The van der Waals surface area contributed by atoms with E-state index in [1.807, 2.05) is 0 Å². The molecule has 170 valence electrons.